The van der Waals surface area contributed by atoms with Gasteiger partial charge < -0.3 is 56.7 Å². The third-order valence-electron chi connectivity index (χ3n) is 11.9. The number of nitrogens with zero attached hydrogens (tertiary/aromatic N) is 2. The van der Waals surface area contributed by atoms with Crippen molar-refractivity contribution in [2.24, 2.45) is 23.3 Å². The van der Waals surface area contributed by atoms with Crippen molar-refractivity contribution >= 4 is 35.4 Å². The topological polar surface area (TPSA) is 237 Å². The van der Waals surface area contributed by atoms with Gasteiger partial charge in [0.15, 0.2) is 0 Å². The third-order valence-corrected chi connectivity index (χ3v) is 11.9. The molecule has 2 heterocycles. The summed E-state index contributed by atoms with van der Waals surface area (Å²) in [4.78, 5) is 81.4. The Bertz CT molecular complexity index is 1210. The van der Waals surface area contributed by atoms with Crippen LogP contribution in [0.4, 0.5) is 0 Å². The summed E-state index contributed by atoms with van der Waals surface area (Å²) in [5, 5.41) is 11.7. The fourth-order valence-corrected chi connectivity index (χ4v) is 8.39. The summed E-state index contributed by atoms with van der Waals surface area (Å²) in [6.07, 6.45) is 9.01. The van der Waals surface area contributed by atoms with Gasteiger partial charge >= 0.3 is 0 Å². The Labute approximate surface area is 325 Å². The molecule has 6 amide bonds. The second-order valence-corrected chi connectivity index (χ2v) is 15.7. The summed E-state index contributed by atoms with van der Waals surface area (Å²) in [6, 6.07) is -4.14. The Morgan fingerprint density at radius 1 is 0.600 bits per heavy atom. The Morgan fingerprint density at radius 3 is 1.29 bits per heavy atom. The van der Waals surface area contributed by atoms with E-state index in [-0.39, 0.29) is 87.8 Å². The maximum atomic E-state index is 13.9. The highest BCUT2D eigenvalue weighted by Crippen LogP contribution is 2.31. The quantitative estimate of drug-likeness (QED) is 0.0845. The third kappa shape index (κ3) is 12.3. The minimum absolute atomic E-state index is 0.0220. The molecule has 2 saturated heterocycles. The second kappa shape index (κ2) is 21.8. The lowest BCUT2D eigenvalue weighted by molar-refractivity contribution is -0.142. The molecule has 0 radical (unpaired) electrons. The van der Waals surface area contributed by atoms with Crippen molar-refractivity contribution in [3.05, 3.63) is 0 Å². The smallest absolute Gasteiger partial charge is 0.246 e. The lowest BCUT2D eigenvalue weighted by Crippen LogP contribution is -2.57. The number of carbonyl (C=O) groups is 6. The molecule has 17 heteroatoms. The highest BCUT2D eigenvalue weighted by atomic mass is 16.5. The van der Waals surface area contributed by atoms with Gasteiger partial charge in [-0.2, -0.15) is 0 Å². The molecule has 4 aliphatic rings. The van der Waals surface area contributed by atoms with Gasteiger partial charge in [0.2, 0.25) is 35.4 Å². The Kier molecular flexibility index (Phi) is 17.6. The molecule has 0 aromatic rings. The normalized spacial score (nSPS) is 25.9. The number of hydrogen-bond donors (Lipinski definition) is 6. The summed E-state index contributed by atoms with van der Waals surface area (Å²) in [5.41, 5.74) is 11.5. The molecule has 2 unspecified atom stereocenters. The number of amides is 6. The number of carbonyl (C=O) groups excluding carboxylic acids is 6. The lowest BCUT2D eigenvalue weighted by atomic mass is 9.83. The van der Waals surface area contributed by atoms with Crippen molar-refractivity contribution in [3.8, 4) is 0 Å². The highest BCUT2D eigenvalue weighted by molar-refractivity contribution is 5.94. The molecule has 8 atom stereocenters. The van der Waals surface area contributed by atoms with Crippen LogP contribution in [0.1, 0.15) is 90.9 Å². The predicted octanol–water partition coefficient (Wildman–Crippen LogP) is -0.708. The van der Waals surface area contributed by atoms with Crippen LogP contribution in [0.3, 0.4) is 0 Å². The van der Waals surface area contributed by atoms with Gasteiger partial charge in [-0.3, -0.25) is 28.8 Å². The van der Waals surface area contributed by atoms with E-state index >= 15 is 0 Å². The molecule has 0 spiro atoms. The minimum atomic E-state index is -0.843. The van der Waals surface area contributed by atoms with E-state index < -0.39 is 60.3 Å². The van der Waals surface area contributed by atoms with Gasteiger partial charge in [0, 0.05) is 25.9 Å². The van der Waals surface area contributed by atoms with Gasteiger partial charge in [-0.05, 0) is 65.5 Å². The molecule has 8 N–H and O–H groups in total. The summed E-state index contributed by atoms with van der Waals surface area (Å²) in [5.74, 6) is -2.44. The van der Waals surface area contributed by atoms with E-state index in [0.717, 1.165) is 64.2 Å². The maximum absolute atomic E-state index is 13.9. The molecule has 2 aliphatic carbocycles. The highest BCUT2D eigenvalue weighted by Gasteiger charge is 2.45. The van der Waals surface area contributed by atoms with Gasteiger partial charge in [0.25, 0.3) is 0 Å². The first-order valence-electron chi connectivity index (χ1n) is 20.3. The number of primary amides is 2. The fourth-order valence-electron chi connectivity index (χ4n) is 8.39. The zero-order chi connectivity index (χ0) is 40.1. The number of rotatable bonds is 20. The number of ether oxygens (including phenoxy) is 3. The zero-order valence-electron chi connectivity index (χ0n) is 33.2. The molecule has 0 aromatic carbocycles. The molecule has 2 saturated carbocycles. The van der Waals surface area contributed by atoms with Gasteiger partial charge in [-0.1, -0.05) is 38.5 Å². The van der Waals surface area contributed by atoms with Crippen molar-refractivity contribution in [3.63, 3.8) is 0 Å². The van der Waals surface area contributed by atoms with Crippen LogP contribution in [0.2, 0.25) is 0 Å². The lowest BCUT2D eigenvalue weighted by Gasteiger charge is -2.34. The number of hydrogen-bond acceptors (Lipinski definition) is 11. The van der Waals surface area contributed by atoms with Gasteiger partial charge in [0.05, 0.1) is 50.7 Å². The van der Waals surface area contributed by atoms with E-state index in [0.29, 0.717) is 0 Å². The second-order valence-electron chi connectivity index (χ2n) is 15.7. The Hall–Kier alpha value is -3.38. The number of nitrogens with one attached hydrogen (secondary N) is 4. The molecule has 2 aliphatic heterocycles. The Morgan fingerprint density at radius 2 is 0.964 bits per heavy atom. The van der Waals surface area contributed by atoms with Gasteiger partial charge in [0.1, 0.15) is 24.2 Å². The van der Waals surface area contributed by atoms with E-state index in [1.807, 2.05) is 0 Å². The Balaban J connectivity index is 1.24. The minimum Gasteiger partial charge on any atom is -0.377 e. The van der Waals surface area contributed by atoms with Crippen molar-refractivity contribution in [1.29, 1.82) is 0 Å². The molecule has 0 aromatic heterocycles. The monoisotopic (exact) mass is 778 g/mol. The first kappa shape index (κ1) is 44.3. The SMILES string of the molecule is CN[C@@H](C)C(=O)NC(C(=O)N1C[C@@H](OCCOCCO[C@H]2C[C@@H](C(N)=O)N(C(=O)C(NC(=O)[C@H](C)NC)C3CCCCC3)C2)C[C@H]1C(N)=O)C1CCCCC1. The average molecular weight is 779 g/mol. The van der Waals surface area contributed by atoms with Crippen LogP contribution in [0.15, 0.2) is 0 Å². The summed E-state index contributed by atoms with van der Waals surface area (Å²) in [7, 11) is 3.36. The van der Waals surface area contributed by atoms with Crippen LogP contribution in [-0.2, 0) is 43.0 Å². The van der Waals surface area contributed by atoms with Crippen LogP contribution in [0, 0.1) is 11.8 Å². The van der Waals surface area contributed by atoms with Crippen molar-refractivity contribution < 1.29 is 43.0 Å². The van der Waals surface area contributed by atoms with Crippen molar-refractivity contribution in [2.75, 3.05) is 53.6 Å². The standard InChI is InChI=1S/C38H66N8O9/c1-23(41-3)35(49)43-31(25-11-7-5-8-12-25)37(51)45-21-27(19-29(45)33(39)47)54-17-15-53-16-18-55-28-20-30(34(40)48)46(22-28)38(52)32(26-13-9-6-10-14-26)44-36(50)24(2)42-4/h23-32,41-42H,5-22H2,1-4H3,(H2,39,47)(H2,40,48)(H,43,49)(H,44,50)/t23-,24-,27-,28-,29-,30-,31?,32?/m0/s1. The zero-order valence-corrected chi connectivity index (χ0v) is 33.2. The van der Waals surface area contributed by atoms with E-state index in [9.17, 15) is 28.8 Å². The molecular formula is C38H66N8O9. The molecule has 312 valence electrons. The molecular weight excluding hydrogens is 712 g/mol. The number of likely N-dealkylation sites (N-methyl/N-ethyl adjacent to an activating group) is 2. The fraction of sp³-hybridized carbons (Fsp3) is 0.842. The first-order valence-corrected chi connectivity index (χ1v) is 20.3. The summed E-state index contributed by atoms with van der Waals surface area (Å²) in [6.45, 7) is 4.67. The predicted molar refractivity (Wildman–Crippen MR) is 203 cm³/mol. The molecule has 17 nitrogen and oxygen atoms in total. The molecule has 4 fully saturated rings. The van der Waals surface area contributed by atoms with Crippen LogP contribution in [0.25, 0.3) is 0 Å². The van der Waals surface area contributed by atoms with Crippen LogP contribution < -0.4 is 32.7 Å². The molecule has 4 rings (SSSR count). The molecule has 0 bridgehead atoms. The van der Waals surface area contributed by atoms with Gasteiger partial charge in [-0.15, -0.1) is 0 Å². The molecule has 55 heavy (non-hydrogen) atoms. The van der Waals surface area contributed by atoms with Crippen molar-refractivity contribution in [1.82, 2.24) is 31.1 Å². The van der Waals surface area contributed by atoms with E-state index in [2.05, 4.69) is 21.3 Å². The number of nitrogens with two attached hydrogens (primary N) is 2. The van der Waals surface area contributed by atoms with Crippen LogP contribution in [0.5, 0.6) is 0 Å². The average Bonchev–Trinajstić information content (AvgIpc) is 3.83. The number of likely N-dealkylation sites (tertiary alicyclic amines) is 2. The largest absolute Gasteiger partial charge is 0.377 e. The van der Waals surface area contributed by atoms with E-state index in [1.165, 1.54) is 9.80 Å². The summed E-state index contributed by atoms with van der Waals surface area (Å²) >= 11 is 0. The maximum Gasteiger partial charge on any atom is 0.246 e. The first-order chi connectivity index (χ1) is 26.4. The summed E-state index contributed by atoms with van der Waals surface area (Å²) < 4.78 is 17.8. The van der Waals surface area contributed by atoms with E-state index in [1.54, 1.807) is 27.9 Å². The van der Waals surface area contributed by atoms with Crippen LogP contribution >= 0.6 is 0 Å². The van der Waals surface area contributed by atoms with Crippen LogP contribution in [-0.4, -0.2) is 147 Å². The van der Waals surface area contributed by atoms with Crippen molar-refractivity contribution in [2.45, 2.75) is 139 Å². The van der Waals surface area contributed by atoms with Gasteiger partial charge in [-0.25, -0.2) is 0 Å². The van der Waals surface area contributed by atoms with E-state index in [4.69, 9.17) is 25.7 Å².